The molecule has 0 saturated heterocycles. The number of hydrogen-bond acceptors (Lipinski definition) is 2. The van der Waals surface area contributed by atoms with Crippen molar-refractivity contribution in [1.82, 2.24) is 5.32 Å². The van der Waals surface area contributed by atoms with Crippen LogP contribution < -0.4 is 5.32 Å². The van der Waals surface area contributed by atoms with Crippen LogP contribution in [-0.2, 0) is 0 Å². The van der Waals surface area contributed by atoms with Crippen LogP contribution in [0.2, 0.25) is 0 Å². The summed E-state index contributed by atoms with van der Waals surface area (Å²) < 4.78 is 5.40. The molecule has 2 rings (SSSR count). The van der Waals surface area contributed by atoms with Crippen LogP contribution in [0.25, 0.3) is 6.08 Å². The Kier molecular flexibility index (Phi) is 4.23. The quantitative estimate of drug-likeness (QED) is 0.839. The van der Waals surface area contributed by atoms with Gasteiger partial charge in [-0.2, -0.15) is 0 Å². The molecule has 1 aromatic heterocycles. The van der Waals surface area contributed by atoms with Gasteiger partial charge >= 0.3 is 0 Å². The molecule has 1 N–H and O–H groups in total. The molecule has 0 bridgehead atoms. The van der Waals surface area contributed by atoms with Gasteiger partial charge in [0, 0.05) is 6.54 Å². The first-order valence-electron chi connectivity index (χ1n) is 6.28. The lowest BCUT2D eigenvalue weighted by atomic mass is 9.83. The van der Waals surface area contributed by atoms with Crippen LogP contribution in [0.3, 0.4) is 0 Å². The maximum absolute atomic E-state index is 5.40. The van der Waals surface area contributed by atoms with E-state index in [0.29, 0.717) is 0 Å². The second kappa shape index (κ2) is 5.90. The molecule has 2 nitrogen and oxygen atoms in total. The van der Waals surface area contributed by atoms with Gasteiger partial charge in [-0.3, -0.25) is 0 Å². The van der Waals surface area contributed by atoms with Gasteiger partial charge in [-0.05, 0) is 49.6 Å². The van der Waals surface area contributed by atoms with Crippen molar-refractivity contribution in [3.63, 3.8) is 0 Å². The maximum atomic E-state index is 5.40. The Bertz CT molecular complexity index is 321. The fraction of sp³-hybridized carbons (Fsp3) is 0.571. The number of furan rings is 1. The highest BCUT2D eigenvalue weighted by Gasteiger charge is 2.17. The molecule has 1 aliphatic carbocycles. The van der Waals surface area contributed by atoms with Gasteiger partial charge < -0.3 is 9.73 Å². The van der Waals surface area contributed by atoms with E-state index in [0.717, 1.165) is 18.2 Å². The molecule has 0 unspecified atom stereocenters. The van der Waals surface area contributed by atoms with Gasteiger partial charge in [0.15, 0.2) is 0 Å². The van der Waals surface area contributed by atoms with E-state index in [9.17, 15) is 0 Å². The third-order valence-electron chi connectivity index (χ3n) is 3.38. The van der Waals surface area contributed by atoms with Gasteiger partial charge in [0.25, 0.3) is 0 Å². The Morgan fingerprint density at radius 3 is 2.88 bits per heavy atom. The van der Waals surface area contributed by atoms with E-state index in [2.05, 4.69) is 11.4 Å². The van der Waals surface area contributed by atoms with Crippen molar-refractivity contribution >= 4 is 6.08 Å². The number of nitrogens with one attached hydrogen (secondary N) is 1. The second-order valence-electron chi connectivity index (χ2n) is 4.60. The first-order chi connectivity index (χ1) is 7.90. The second-order valence-corrected chi connectivity index (χ2v) is 4.60. The summed E-state index contributed by atoms with van der Waals surface area (Å²) in [5.41, 5.74) is 1.50. The van der Waals surface area contributed by atoms with Crippen molar-refractivity contribution in [1.29, 1.82) is 0 Å². The Morgan fingerprint density at radius 2 is 2.25 bits per heavy atom. The van der Waals surface area contributed by atoms with E-state index in [-0.39, 0.29) is 0 Å². The van der Waals surface area contributed by atoms with Gasteiger partial charge in [0.2, 0.25) is 0 Å². The van der Waals surface area contributed by atoms with Crippen LogP contribution in [0, 0.1) is 5.92 Å². The summed E-state index contributed by atoms with van der Waals surface area (Å²) in [6.07, 6.45) is 10.8. The molecule has 0 spiro atoms. The summed E-state index contributed by atoms with van der Waals surface area (Å²) in [5.74, 6) is 1.74. The lowest BCUT2D eigenvalue weighted by molar-refractivity contribution is 0.398. The summed E-state index contributed by atoms with van der Waals surface area (Å²) in [5, 5.41) is 3.27. The van der Waals surface area contributed by atoms with Crippen LogP contribution in [0.1, 0.15) is 37.9 Å². The largest absolute Gasteiger partial charge is 0.465 e. The molecule has 0 radical (unpaired) electrons. The van der Waals surface area contributed by atoms with Crippen LogP contribution in [0.4, 0.5) is 0 Å². The number of hydrogen-bond donors (Lipinski definition) is 1. The standard InChI is InChI=1S/C14H21NO/c1-15-11-13(10-14-8-5-9-16-14)12-6-3-2-4-7-12/h5,8-10,12,15H,2-4,6-7,11H2,1H3. The molecular weight excluding hydrogens is 198 g/mol. The third-order valence-corrected chi connectivity index (χ3v) is 3.38. The minimum Gasteiger partial charge on any atom is -0.465 e. The SMILES string of the molecule is CNCC(=Cc1ccco1)C1CCCCC1. The van der Waals surface area contributed by atoms with Crippen LogP contribution >= 0.6 is 0 Å². The van der Waals surface area contributed by atoms with Crippen molar-refractivity contribution < 1.29 is 4.42 Å². The molecule has 88 valence electrons. The normalized spacial score (nSPS) is 18.9. The van der Waals surface area contributed by atoms with E-state index < -0.39 is 0 Å². The summed E-state index contributed by atoms with van der Waals surface area (Å²) in [6.45, 7) is 0.978. The van der Waals surface area contributed by atoms with Crippen molar-refractivity contribution in [3.8, 4) is 0 Å². The predicted molar refractivity (Wildman–Crippen MR) is 67.2 cm³/mol. The van der Waals surface area contributed by atoms with E-state index in [1.807, 2.05) is 19.2 Å². The van der Waals surface area contributed by atoms with Gasteiger partial charge in [-0.1, -0.05) is 19.3 Å². The molecular formula is C14H21NO. The van der Waals surface area contributed by atoms with Crippen LogP contribution in [0.15, 0.2) is 28.4 Å². The zero-order chi connectivity index (χ0) is 11.2. The minimum atomic E-state index is 0.756. The molecule has 2 heteroatoms. The molecule has 1 saturated carbocycles. The zero-order valence-corrected chi connectivity index (χ0v) is 10.0. The van der Waals surface area contributed by atoms with Crippen molar-refractivity contribution in [3.05, 3.63) is 29.7 Å². The average Bonchev–Trinajstić information content (AvgIpc) is 2.83. The summed E-state index contributed by atoms with van der Waals surface area (Å²) >= 11 is 0. The zero-order valence-electron chi connectivity index (χ0n) is 10.0. The Labute approximate surface area is 97.7 Å². The summed E-state index contributed by atoms with van der Waals surface area (Å²) in [7, 11) is 2.01. The van der Waals surface area contributed by atoms with E-state index in [4.69, 9.17) is 4.42 Å². The lowest BCUT2D eigenvalue weighted by Gasteiger charge is -2.24. The minimum absolute atomic E-state index is 0.756. The van der Waals surface area contributed by atoms with Gasteiger partial charge in [0.05, 0.1) is 6.26 Å². The fourth-order valence-electron chi connectivity index (χ4n) is 2.55. The topological polar surface area (TPSA) is 25.2 Å². The Balaban J connectivity index is 2.09. The summed E-state index contributed by atoms with van der Waals surface area (Å²) in [6, 6.07) is 3.97. The Hall–Kier alpha value is -1.02. The molecule has 1 heterocycles. The summed E-state index contributed by atoms with van der Waals surface area (Å²) in [4.78, 5) is 0. The van der Waals surface area contributed by atoms with Crippen molar-refractivity contribution in [2.24, 2.45) is 5.92 Å². The highest BCUT2D eigenvalue weighted by atomic mass is 16.3. The molecule has 0 amide bonds. The maximum Gasteiger partial charge on any atom is 0.126 e. The monoisotopic (exact) mass is 219 g/mol. The first kappa shape index (κ1) is 11.5. The van der Waals surface area contributed by atoms with E-state index in [1.165, 1.54) is 37.7 Å². The van der Waals surface area contributed by atoms with E-state index >= 15 is 0 Å². The van der Waals surface area contributed by atoms with Gasteiger partial charge in [0.1, 0.15) is 5.76 Å². The van der Waals surface area contributed by atoms with Crippen molar-refractivity contribution in [2.75, 3.05) is 13.6 Å². The predicted octanol–water partition coefficient (Wildman–Crippen LogP) is 3.46. The third kappa shape index (κ3) is 2.99. The highest BCUT2D eigenvalue weighted by Crippen LogP contribution is 2.30. The number of rotatable bonds is 4. The Morgan fingerprint density at radius 1 is 1.44 bits per heavy atom. The fourth-order valence-corrected chi connectivity index (χ4v) is 2.55. The molecule has 1 fully saturated rings. The molecule has 1 aromatic rings. The lowest BCUT2D eigenvalue weighted by Crippen LogP contribution is -2.19. The molecule has 16 heavy (non-hydrogen) atoms. The molecule has 0 aliphatic heterocycles. The number of likely N-dealkylation sites (N-methyl/N-ethyl adjacent to an activating group) is 1. The molecule has 0 aromatic carbocycles. The van der Waals surface area contributed by atoms with Crippen molar-refractivity contribution in [2.45, 2.75) is 32.1 Å². The molecule has 0 atom stereocenters. The molecule has 1 aliphatic rings. The van der Waals surface area contributed by atoms with Crippen LogP contribution in [0.5, 0.6) is 0 Å². The van der Waals surface area contributed by atoms with Gasteiger partial charge in [-0.15, -0.1) is 0 Å². The smallest absolute Gasteiger partial charge is 0.126 e. The van der Waals surface area contributed by atoms with Crippen LogP contribution in [-0.4, -0.2) is 13.6 Å². The van der Waals surface area contributed by atoms with E-state index in [1.54, 1.807) is 6.26 Å². The van der Waals surface area contributed by atoms with Gasteiger partial charge in [-0.25, -0.2) is 0 Å². The first-order valence-corrected chi connectivity index (χ1v) is 6.28. The highest BCUT2D eigenvalue weighted by molar-refractivity contribution is 5.48. The average molecular weight is 219 g/mol.